The summed E-state index contributed by atoms with van der Waals surface area (Å²) in [6.45, 7) is 6.44. The first kappa shape index (κ1) is 16.2. The Bertz CT molecular complexity index is 752. The Labute approximate surface area is 155 Å². The van der Waals surface area contributed by atoms with Gasteiger partial charge in [-0.3, -0.25) is 0 Å². The summed E-state index contributed by atoms with van der Waals surface area (Å²) in [5, 5.41) is 0. The zero-order valence-electron chi connectivity index (χ0n) is 15.2. The van der Waals surface area contributed by atoms with Crippen molar-refractivity contribution < 1.29 is 4.74 Å². The fourth-order valence-corrected chi connectivity index (χ4v) is 4.92. The number of fused-ring (bicyclic) bond motifs is 2. The van der Waals surface area contributed by atoms with Gasteiger partial charge in [0.1, 0.15) is 0 Å². The molecule has 2 aromatic rings. The van der Waals surface area contributed by atoms with Gasteiger partial charge in [-0.1, -0.05) is 18.2 Å². The van der Waals surface area contributed by atoms with Crippen molar-refractivity contribution in [3.8, 4) is 0 Å². The quantitative estimate of drug-likeness (QED) is 0.851. The zero-order valence-corrected chi connectivity index (χ0v) is 15.2. The van der Waals surface area contributed by atoms with Gasteiger partial charge in [0.15, 0.2) is 0 Å². The SMILES string of the molecule is c1cnc(N2CC3(CCN(CC4CCOC4)CC3)c3ccccc32)nc1. The second kappa shape index (κ2) is 6.63. The van der Waals surface area contributed by atoms with Crippen molar-refractivity contribution in [3.63, 3.8) is 0 Å². The minimum absolute atomic E-state index is 0.235. The van der Waals surface area contributed by atoms with E-state index in [1.165, 1.54) is 50.1 Å². The van der Waals surface area contributed by atoms with Gasteiger partial charge in [0.25, 0.3) is 0 Å². The molecule has 0 N–H and O–H groups in total. The average Bonchev–Trinajstić information content (AvgIpc) is 3.32. The summed E-state index contributed by atoms with van der Waals surface area (Å²) in [4.78, 5) is 14.0. The minimum Gasteiger partial charge on any atom is -0.381 e. The van der Waals surface area contributed by atoms with Gasteiger partial charge < -0.3 is 14.5 Å². The molecule has 5 nitrogen and oxygen atoms in total. The molecule has 1 spiro atoms. The molecule has 2 saturated heterocycles. The van der Waals surface area contributed by atoms with E-state index in [9.17, 15) is 0 Å². The van der Waals surface area contributed by atoms with Crippen LogP contribution in [0.25, 0.3) is 0 Å². The molecule has 5 heteroatoms. The third-order valence-electron chi connectivity index (χ3n) is 6.37. The molecule has 1 atom stereocenters. The van der Waals surface area contributed by atoms with Crippen LogP contribution in [0.4, 0.5) is 11.6 Å². The largest absolute Gasteiger partial charge is 0.381 e. The van der Waals surface area contributed by atoms with Crippen molar-refractivity contribution in [2.24, 2.45) is 5.92 Å². The Hall–Kier alpha value is -1.98. The number of hydrogen-bond acceptors (Lipinski definition) is 5. The van der Waals surface area contributed by atoms with Gasteiger partial charge in [-0.2, -0.15) is 0 Å². The van der Waals surface area contributed by atoms with E-state index in [2.05, 4.69) is 44.0 Å². The number of benzene rings is 1. The van der Waals surface area contributed by atoms with Gasteiger partial charge >= 0.3 is 0 Å². The number of anilines is 2. The molecule has 4 heterocycles. The standard InChI is InChI=1S/C21H26N4O/c1-2-5-19-18(4-1)21(16-25(19)20-22-9-3-10-23-20)7-11-24(12-8-21)14-17-6-13-26-15-17/h1-5,9-10,17H,6-8,11-16H2. The molecule has 136 valence electrons. The summed E-state index contributed by atoms with van der Waals surface area (Å²) in [6.07, 6.45) is 7.32. The molecule has 0 saturated carbocycles. The lowest BCUT2D eigenvalue weighted by molar-refractivity contribution is 0.132. The van der Waals surface area contributed by atoms with Crippen LogP contribution in [0, 0.1) is 5.92 Å². The first-order chi connectivity index (χ1) is 12.8. The van der Waals surface area contributed by atoms with Crippen LogP contribution < -0.4 is 4.90 Å². The highest BCUT2D eigenvalue weighted by molar-refractivity contribution is 5.69. The van der Waals surface area contributed by atoms with Crippen LogP contribution in [-0.4, -0.2) is 54.3 Å². The van der Waals surface area contributed by atoms with Crippen molar-refractivity contribution in [3.05, 3.63) is 48.3 Å². The Kier molecular flexibility index (Phi) is 4.14. The van der Waals surface area contributed by atoms with Crippen molar-refractivity contribution in [1.29, 1.82) is 0 Å². The summed E-state index contributed by atoms with van der Waals surface area (Å²) in [6, 6.07) is 10.7. The second-order valence-electron chi connectivity index (χ2n) is 7.96. The zero-order chi connectivity index (χ0) is 17.4. The van der Waals surface area contributed by atoms with Gasteiger partial charge in [0, 0.05) is 43.2 Å². The molecule has 1 aromatic heterocycles. The molecule has 1 aromatic carbocycles. The van der Waals surface area contributed by atoms with Crippen LogP contribution in [0.5, 0.6) is 0 Å². The topological polar surface area (TPSA) is 41.5 Å². The molecule has 26 heavy (non-hydrogen) atoms. The van der Waals surface area contributed by atoms with Crippen LogP contribution >= 0.6 is 0 Å². The van der Waals surface area contributed by atoms with E-state index >= 15 is 0 Å². The summed E-state index contributed by atoms with van der Waals surface area (Å²) in [7, 11) is 0. The summed E-state index contributed by atoms with van der Waals surface area (Å²) in [5.74, 6) is 1.55. The maximum Gasteiger partial charge on any atom is 0.229 e. The lowest BCUT2D eigenvalue weighted by Crippen LogP contribution is -2.46. The number of aromatic nitrogens is 2. The number of rotatable bonds is 3. The normalized spacial score (nSPS) is 24.9. The van der Waals surface area contributed by atoms with Crippen LogP contribution in [0.1, 0.15) is 24.8 Å². The first-order valence-electron chi connectivity index (χ1n) is 9.78. The van der Waals surface area contributed by atoms with E-state index in [1.54, 1.807) is 0 Å². The van der Waals surface area contributed by atoms with E-state index in [0.717, 1.165) is 31.6 Å². The molecule has 0 aliphatic carbocycles. The highest BCUT2D eigenvalue weighted by atomic mass is 16.5. The fourth-order valence-electron chi connectivity index (χ4n) is 4.92. The van der Waals surface area contributed by atoms with Crippen molar-refractivity contribution in [2.75, 3.05) is 44.3 Å². The highest BCUT2D eigenvalue weighted by Crippen LogP contribution is 2.48. The predicted octanol–water partition coefficient (Wildman–Crippen LogP) is 3.00. The van der Waals surface area contributed by atoms with Crippen LogP contribution in [0.2, 0.25) is 0 Å². The monoisotopic (exact) mass is 350 g/mol. The maximum atomic E-state index is 5.55. The predicted molar refractivity (Wildman–Crippen MR) is 102 cm³/mol. The summed E-state index contributed by atoms with van der Waals surface area (Å²) < 4.78 is 5.55. The number of ether oxygens (including phenoxy) is 1. The summed E-state index contributed by atoms with van der Waals surface area (Å²) >= 11 is 0. The number of likely N-dealkylation sites (tertiary alicyclic amines) is 1. The van der Waals surface area contributed by atoms with E-state index < -0.39 is 0 Å². The van der Waals surface area contributed by atoms with E-state index in [4.69, 9.17) is 4.74 Å². The molecule has 0 amide bonds. The molecular formula is C21H26N4O. The Morgan fingerprint density at radius 2 is 1.88 bits per heavy atom. The van der Waals surface area contributed by atoms with Gasteiger partial charge in [0.05, 0.1) is 6.61 Å². The third-order valence-corrected chi connectivity index (χ3v) is 6.37. The second-order valence-corrected chi connectivity index (χ2v) is 7.96. The van der Waals surface area contributed by atoms with Gasteiger partial charge in [-0.25, -0.2) is 9.97 Å². The number of nitrogens with zero attached hydrogens (tertiary/aromatic N) is 4. The lowest BCUT2D eigenvalue weighted by atomic mass is 9.74. The van der Waals surface area contributed by atoms with Gasteiger partial charge in [-0.05, 0) is 56.0 Å². The minimum atomic E-state index is 0.235. The lowest BCUT2D eigenvalue weighted by Gasteiger charge is -2.40. The third kappa shape index (κ3) is 2.79. The van der Waals surface area contributed by atoms with Crippen LogP contribution in [-0.2, 0) is 10.2 Å². The Morgan fingerprint density at radius 1 is 1.08 bits per heavy atom. The number of para-hydroxylation sites is 1. The van der Waals surface area contributed by atoms with E-state index in [-0.39, 0.29) is 5.41 Å². The first-order valence-corrected chi connectivity index (χ1v) is 9.78. The molecular weight excluding hydrogens is 324 g/mol. The van der Waals surface area contributed by atoms with Crippen molar-refractivity contribution in [2.45, 2.75) is 24.7 Å². The maximum absolute atomic E-state index is 5.55. The van der Waals surface area contributed by atoms with E-state index in [1.807, 2.05) is 18.5 Å². The van der Waals surface area contributed by atoms with Crippen molar-refractivity contribution in [1.82, 2.24) is 14.9 Å². The Balaban J connectivity index is 1.36. The molecule has 3 aliphatic heterocycles. The molecule has 0 bridgehead atoms. The Morgan fingerprint density at radius 3 is 2.65 bits per heavy atom. The molecule has 0 radical (unpaired) electrons. The molecule has 2 fully saturated rings. The average molecular weight is 350 g/mol. The molecule has 1 unspecified atom stereocenters. The molecule has 3 aliphatic rings. The smallest absolute Gasteiger partial charge is 0.229 e. The number of piperidine rings is 1. The number of hydrogen-bond donors (Lipinski definition) is 0. The van der Waals surface area contributed by atoms with Crippen LogP contribution in [0.3, 0.4) is 0 Å². The fraction of sp³-hybridized carbons (Fsp3) is 0.524. The highest BCUT2D eigenvalue weighted by Gasteiger charge is 2.45. The van der Waals surface area contributed by atoms with Crippen molar-refractivity contribution >= 4 is 11.6 Å². The van der Waals surface area contributed by atoms with Crippen LogP contribution in [0.15, 0.2) is 42.7 Å². The summed E-state index contributed by atoms with van der Waals surface area (Å²) in [5.41, 5.74) is 3.01. The van der Waals surface area contributed by atoms with E-state index in [0.29, 0.717) is 0 Å². The molecule has 5 rings (SSSR count). The van der Waals surface area contributed by atoms with Gasteiger partial charge in [0.2, 0.25) is 5.95 Å². The van der Waals surface area contributed by atoms with Gasteiger partial charge in [-0.15, -0.1) is 0 Å².